The molecule has 1 aliphatic heterocycles. The van der Waals surface area contributed by atoms with Crippen LogP contribution in [0, 0.1) is 0 Å². The SMILES string of the molecule is Oc1ccc(-c2ncc(OC3CCCN3)cn2)cc1. The van der Waals surface area contributed by atoms with Gasteiger partial charge in [0.15, 0.2) is 11.6 Å². The normalized spacial score (nSPS) is 18.4. The molecule has 5 nitrogen and oxygen atoms in total. The van der Waals surface area contributed by atoms with Crippen LogP contribution in [-0.2, 0) is 0 Å². The number of nitrogens with one attached hydrogen (secondary N) is 1. The van der Waals surface area contributed by atoms with E-state index in [0.29, 0.717) is 11.6 Å². The van der Waals surface area contributed by atoms with E-state index >= 15 is 0 Å². The van der Waals surface area contributed by atoms with Gasteiger partial charge in [-0.1, -0.05) is 0 Å². The summed E-state index contributed by atoms with van der Waals surface area (Å²) in [5.74, 6) is 1.52. The monoisotopic (exact) mass is 257 g/mol. The van der Waals surface area contributed by atoms with Gasteiger partial charge >= 0.3 is 0 Å². The summed E-state index contributed by atoms with van der Waals surface area (Å²) >= 11 is 0. The summed E-state index contributed by atoms with van der Waals surface area (Å²) in [6.07, 6.45) is 5.57. The quantitative estimate of drug-likeness (QED) is 0.879. The highest BCUT2D eigenvalue weighted by molar-refractivity contribution is 5.55. The van der Waals surface area contributed by atoms with E-state index in [9.17, 15) is 5.11 Å². The maximum Gasteiger partial charge on any atom is 0.159 e. The van der Waals surface area contributed by atoms with Crippen molar-refractivity contribution in [2.45, 2.75) is 19.1 Å². The van der Waals surface area contributed by atoms with Gasteiger partial charge in [-0.3, -0.25) is 5.32 Å². The predicted octanol–water partition coefficient (Wildman–Crippen LogP) is 1.94. The number of aromatic nitrogens is 2. The molecule has 1 aliphatic rings. The fraction of sp³-hybridized carbons (Fsp3) is 0.286. The van der Waals surface area contributed by atoms with Crippen molar-refractivity contribution in [2.75, 3.05) is 6.54 Å². The molecule has 1 saturated heterocycles. The zero-order valence-electron chi connectivity index (χ0n) is 10.4. The van der Waals surface area contributed by atoms with Crippen molar-refractivity contribution in [1.82, 2.24) is 15.3 Å². The standard InChI is InChI=1S/C14H15N3O2/c18-11-5-3-10(4-6-11)14-16-8-12(9-17-14)19-13-2-1-7-15-13/h3-6,8-9,13,15,18H,1-2,7H2. The van der Waals surface area contributed by atoms with E-state index in [1.807, 2.05) is 0 Å². The maximum absolute atomic E-state index is 9.24. The van der Waals surface area contributed by atoms with E-state index in [-0.39, 0.29) is 12.0 Å². The minimum Gasteiger partial charge on any atom is -0.508 e. The van der Waals surface area contributed by atoms with Crippen LogP contribution in [0.25, 0.3) is 11.4 Å². The number of ether oxygens (including phenoxy) is 1. The lowest BCUT2D eigenvalue weighted by Gasteiger charge is -2.12. The van der Waals surface area contributed by atoms with Crippen LogP contribution in [-0.4, -0.2) is 27.8 Å². The maximum atomic E-state index is 9.24. The van der Waals surface area contributed by atoms with Crippen LogP contribution >= 0.6 is 0 Å². The second-order valence-corrected chi connectivity index (χ2v) is 4.49. The van der Waals surface area contributed by atoms with Crippen molar-refractivity contribution >= 4 is 0 Å². The molecule has 2 heterocycles. The molecule has 2 aromatic rings. The Balaban J connectivity index is 1.72. The first-order valence-corrected chi connectivity index (χ1v) is 6.33. The molecule has 1 unspecified atom stereocenters. The minimum absolute atomic E-state index is 0.0723. The third-order valence-electron chi connectivity index (χ3n) is 3.05. The molecule has 3 rings (SSSR count). The van der Waals surface area contributed by atoms with E-state index in [2.05, 4.69) is 15.3 Å². The molecule has 0 amide bonds. The Morgan fingerprint density at radius 2 is 1.89 bits per heavy atom. The Labute approximate surface area is 111 Å². The summed E-state index contributed by atoms with van der Waals surface area (Å²) in [6, 6.07) is 6.80. The predicted molar refractivity (Wildman–Crippen MR) is 70.8 cm³/mol. The van der Waals surface area contributed by atoms with Crippen molar-refractivity contribution in [2.24, 2.45) is 0 Å². The third kappa shape index (κ3) is 2.82. The first kappa shape index (κ1) is 11.9. The molecule has 2 N–H and O–H groups in total. The summed E-state index contributed by atoms with van der Waals surface area (Å²) < 4.78 is 5.71. The van der Waals surface area contributed by atoms with Gasteiger partial charge in [-0.25, -0.2) is 9.97 Å². The molecule has 0 saturated carbocycles. The summed E-state index contributed by atoms with van der Waals surface area (Å²) in [5.41, 5.74) is 0.864. The number of nitrogens with zero attached hydrogens (tertiary/aromatic N) is 2. The van der Waals surface area contributed by atoms with E-state index in [1.165, 1.54) is 0 Å². The smallest absolute Gasteiger partial charge is 0.159 e. The lowest BCUT2D eigenvalue weighted by Crippen LogP contribution is -2.27. The number of aromatic hydroxyl groups is 1. The van der Waals surface area contributed by atoms with E-state index in [0.717, 1.165) is 24.9 Å². The molecule has 1 aromatic heterocycles. The first-order chi connectivity index (χ1) is 9.31. The van der Waals surface area contributed by atoms with E-state index in [1.54, 1.807) is 36.7 Å². The van der Waals surface area contributed by atoms with Gasteiger partial charge < -0.3 is 9.84 Å². The van der Waals surface area contributed by atoms with Crippen LogP contribution < -0.4 is 10.1 Å². The molecule has 0 radical (unpaired) electrons. The van der Waals surface area contributed by atoms with Gasteiger partial charge in [0.25, 0.3) is 0 Å². The molecule has 1 aromatic carbocycles. The largest absolute Gasteiger partial charge is 0.508 e. The van der Waals surface area contributed by atoms with E-state index in [4.69, 9.17) is 4.74 Å². The highest BCUT2D eigenvalue weighted by atomic mass is 16.5. The molecule has 0 bridgehead atoms. The summed E-state index contributed by atoms with van der Waals surface area (Å²) in [7, 11) is 0. The Morgan fingerprint density at radius 3 is 2.53 bits per heavy atom. The molecule has 19 heavy (non-hydrogen) atoms. The number of phenols is 1. The van der Waals surface area contributed by atoms with Crippen LogP contribution in [0.2, 0.25) is 0 Å². The fourth-order valence-corrected chi connectivity index (χ4v) is 2.05. The lowest BCUT2D eigenvalue weighted by molar-refractivity contribution is 0.186. The molecule has 1 atom stereocenters. The van der Waals surface area contributed by atoms with Gasteiger partial charge in [-0.2, -0.15) is 0 Å². The molecular formula is C14H15N3O2. The second-order valence-electron chi connectivity index (χ2n) is 4.49. The summed E-state index contributed by atoms with van der Waals surface area (Å²) in [4.78, 5) is 8.55. The summed E-state index contributed by atoms with van der Waals surface area (Å²) in [5, 5.41) is 12.5. The van der Waals surface area contributed by atoms with Crippen LogP contribution in [0.4, 0.5) is 0 Å². The molecule has 98 valence electrons. The van der Waals surface area contributed by atoms with Crippen molar-refractivity contribution in [3.8, 4) is 22.9 Å². The molecule has 5 heteroatoms. The third-order valence-corrected chi connectivity index (χ3v) is 3.05. The fourth-order valence-electron chi connectivity index (χ4n) is 2.05. The number of hydrogen-bond donors (Lipinski definition) is 2. The Hall–Kier alpha value is -2.14. The first-order valence-electron chi connectivity index (χ1n) is 6.33. The van der Waals surface area contributed by atoms with Gasteiger partial charge in [0.2, 0.25) is 0 Å². The van der Waals surface area contributed by atoms with Crippen LogP contribution in [0.1, 0.15) is 12.8 Å². The van der Waals surface area contributed by atoms with E-state index < -0.39 is 0 Å². The molecule has 1 fully saturated rings. The van der Waals surface area contributed by atoms with Crippen LogP contribution in [0.3, 0.4) is 0 Å². The molecule has 0 aliphatic carbocycles. The van der Waals surface area contributed by atoms with Crippen molar-refractivity contribution in [3.05, 3.63) is 36.7 Å². The topological polar surface area (TPSA) is 67.3 Å². The van der Waals surface area contributed by atoms with Crippen molar-refractivity contribution in [1.29, 1.82) is 0 Å². The average Bonchev–Trinajstić information content (AvgIpc) is 2.94. The molecule has 0 spiro atoms. The Kier molecular flexibility index (Phi) is 3.29. The average molecular weight is 257 g/mol. The Bertz CT molecular complexity index is 534. The highest BCUT2D eigenvalue weighted by Gasteiger charge is 2.15. The zero-order valence-corrected chi connectivity index (χ0v) is 10.4. The van der Waals surface area contributed by atoms with Gasteiger partial charge in [0.1, 0.15) is 12.0 Å². The van der Waals surface area contributed by atoms with Gasteiger partial charge in [0.05, 0.1) is 12.4 Å². The highest BCUT2D eigenvalue weighted by Crippen LogP contribution is 2.20. The second kappa shape index (κ2) is 5.24. The van der Waals surface area contributed by atoms with Crippen molar-refractivity contribution in [3.63, 3.8) is 0 Å². The summed E-state index contributed by atoms with van der Waals surface area (Å²) in [6.45, 7) is 0.997. The van der Waals surface area contributed by atoms with Gasteiger partial charge in [-0.15, -0.1) is 0 Å². The van der Waals surface area contributed by atoms with Crippen LogP contribution in [0.5, 0.6) is 11.5 Å². The van der Waals surface area contributed by atoms with Crippen LogP contribution in [0.15, 0.2) is 36.7 Å². The van der Waals surface area contributed by atoms with Gasteiger partial charge in [0, 0.05) is 5.56 Å². The number of rotatable bonds is 3. The Morgan fingerprint density at radius 1 is 1.16 bits per heavy atom. The zero-order chi connectivity index (χ0) is 13.1. The lowest BCUT2D eigenvalue weighted by atomic mass is 10.2. The molecular weight excluding hydrogens is 242 g/mol. The number of phenolic OH excluding ortho intramolecular Hbond substituents is 1. The van der Waals surface area contributed by atoms with Crippen molar-refractivity contribution < 1.29 is 9.84 Å². The number of benzene rings is 1. The number of hydrogen-bond acceptors (Lipinski definition) is 5. The van der Waals surface area contributed by atoms with Gasteiger partial charge in [-0.05, 0) is 43.7 Å². The minimum atomic E-state index is 0.0723.